The summed E-state index contributed by atoms with van der Waals surface area (Å²) < 4.78 is 2.29. The van der Waals surface area contributed by atoms with Crippen molar-refractivity contribution >= 4 is 0 Å². The first kappa shape index (κ1) is 34.8. The minimum absolute atomic E-state index is 0. The molecule has 0 aliphatic rings. The molecule has 0 bridgehead atoms. The van der Waals surface area contributed by atoms with Crippen molar-refractivity contribution in [2.24, 2.45) is 0 Å². The number of hydrogen-bond donors (Lipinski definition) is 0. The molecule has 0 saturated carbocycles. The highest BCUT2D eigenvalue weighted by molar-refractivity contribution is 4.81. The van der Waals surface area contributed by atoms with Crippen LogP contribution in [0.3, 0.4) is 0 Å². The Labute approximate surface area is 203 Å². The second-order valence-electron chi connectivity index (χ2n) is 10.7. The van der Waals surface area contributed by atoms with Crippen LogP contribution in [0.15, 0.2) is 12.2 Å². The van der Waals surface area contributed by atoms with E-state index < -0.39 is 0 Å². The van der Waals surface area contributed by atoms with Crippen molar-refractivity contribution in [2.45, 2.75) is 103 Å². The molecule has 0 aliphatic carbocycles. The van der Waals surface area contributed by atoms with Gasteiger partial charge in [-0.3, -0.25) is 0 Å². The molecule has 0 rings (SSSR count). The standard InChI is InChI=1S/C26H56N2.2ClH/c1-7-8-9-10-11-12-13-14-15-16-17-18-19-20-21-22-25-28(5,6)26-23-24-27(2,3)4;;/h14-15H,7-13,16-26H2,1-6H3;2*1H/q+2;;/p-2. The lowest BCUT2D eigenvalue weighted by atomic mass is 10.1. The summed E-state index contributed by atoms with van der Waals surface area (Å²) in [4.78, 5) is 0. The number of quaternary nitrogens is 2. The van der Waals surface area contributed by atoms with E-state index in [0.717, 1.165) is 4.48 Å². The summed E-state index contributed by atoms with van der Waals surface area (Å²) in [5.74, 6) is 0. The Morgan fingerprint density at radius 3 is 1.33 bits per heavy atom. The molecule has 2 nitrogen and oxygen atoms in total. The van der Waals surface area contributed by atoms with Gasteiger partial charge in [0.1, 0.15) is 0 Å². The second kappa shape index (κ2) is 22.4. The Balaban J connectivity index is -0.00000364. The zero-order valence-electron chi connectivity index (χ0n) is 21.5. The van der Waals surface area contributed by atoms with E-state index in [2.05, 4.69) is 54.3 Å². The Kier molecular flexibility index (Phi) is 26.1. The van der Waals surface area contributed by atoms with Crippen LogP contribution in [0.4, 0.5) is 0 Å². The third-order valence-corrected chi connectivity index (χ3v) is 5.87. The van der Waals surface area contributed by atoms with Gasteiger partial charge in [-0.15, -0.1) is 0 Å². The highest BCUT2D eigenvalue weighted by atomic mass is 35.5. The van der Waals surface area contributed by atoms with Crippen molar-refractivity contribution in [3.05, 3.63) is 12.2 Å². The van der Waals surface area contributed by atoms with Gasteiger partial charge in [-0.05, 0) is 38.5 Å². The minimum atomic E-state index is 0. The van der Waals surface area contributed by atoms with Crippen molar-refractivity contribution in [3.63, 3.8) is 0 Å². The van der Waals surface area contributed by atoms with E-state index in [1.807, 2.05) is 0 Å². The zero-order chi connectivity index (χ0) is 21.1. The van der Waals surface area contributed by atoms with Crippen LogP contribution < -0.4 is 24.8 Å². The van der Waals surface area contributed by atoms with E-state index in [9.17, 15) is 0 Å². The second-order valence-corrected chi connectivity index (χ2v) is 10.7. The maximum Gasteiger partial charge on any atom is 0.0836 e. The van der Waals surface area contributed by atoms with Crippen LogP contribution in [0.1, 0.15) is 103 Å². The smallest absolute Gasteiger partial charge is 0.0836 e. The van der Waals surface area contributed by atoms with E-state index in [1.54, 1.807) is 0 Å². The first-order valence-electron chi connectivity index (χ1n) is 12.5. The summed E-state index contributed by atoms with van der Waals surface area (Å²) in [7, 11) is 11.7. The largest absolute Gasteiger partial charge is 1.00 e. The SMILES string of the molecule is CCCCCCCCC=CCCCCCCCC[N+](C)(C)CCC[N+](C)(C)C.[Cl-].[Cl-]. The first-order chi connectivity index (χ1) is 13.3. The van der Waals surface area contributed by atoms with Crippen LogP contribution in [0.25, 0.3) is 0 Å². The summed E-state index contributed by atoms with van der Waals surface area (Å²) in [6, 6.07) is 0. The molecule has 0 heterocycles. The molecule has 0 aromatic carbocycles. The fourth-order valence-electron chi connectivity index (χ4n) is 3.87. The number of nitrogens with zero attached hydrogens (tertiary/aromatic N) is 2. The van der Waals surface area contributed by atoms with Crippen molar-refractivity contribution in [2.75, 3.05) is 54.9 Å². The summed E-state index contributed by atoms with van der Waals surface area (Å²) in [5, 5.41) is 0. The minimum Gasteiger partial charge on any atom is -1.00 e. The van der Waals surface area contributed by atoms with Crippen LogP contribution in [-0.2, 0) is 0 Å². The fraction of sp³-hybridized carbons (Fsp3) is 0.923. The molecule has 0 radical (unpaired) electrons. The average molecular weight is 468 g/mol. The monoisotopic (exact) mass is 466 g/mol. The molecule has 30 heavy (non-hydrogen) atoms. The molecule has 0 spiro atoms. The number of allylic oxidation sites excluding steroid dienone is 2. The van der Waals surface area contributed by atoms with Gasteiger partial charge in [0.2, 0.25) is 0 Å². The van der Waals surface area contributed by atoms with E-state index in [-0.39, 0.29) is 24.8 Å². The van der Waals surface area contributed by atoms with Crippen LogP contribution in [-0.4, -0.2) is 63.8 Å². The highest BCUT2D eigenvalue weighted by Gasteiger charge is 2.16. The maximum absolute atomic E-state index is 2.43. The topological polar surface area (TPSA) is 0 Å². The van der Waals surface area contributed by atoms with Gasteiger partial charge in [-0.2, -0.15) is 0 Å². The maximum atomic E-state index is 2.43. The van der Waals surface area contributed by atoms with Gasteiger partial charge in [0.05, 0.1) is 54.9 Å². The number of unbranched alkanes of at least 4 members (excludes halogenated alkanes) is 12. The Morgan fingerprint density at radius 2 is 0.867 bits per heavy atom. The molecule has 0 fully saturated rings. The highest BCUT2D eigenvalue weighted by Crippen LogP contribution is 2.11. The van der Waals surface area contributed by atoms with Crippen LogP contribution in [0, 0.1) is 0 Å². The van der Waals surface area contributed by atoms with Gasteiger partial charge >= 0.3 is 0 Å². The molecular formula is C26H56Cl2N2. The fourth-order valence-corrected chi connectivity index (χ4v) is 3.87. The van der Waals surface area contributed by atoms with Gasteiger partial charge in [0.15, 0.2) is 0 Å². The summed E-state index contributed by atoms with van der Waals surface area (Å²) in [6.45, 7) is 6.24. The quantitative estimate of drug-likeness (QED) is 0.143. The van der Waals surface area contributed by atoms with Crippen LogP contribution >= 0.6 is 0 Å². The lowest BCUT2D eigenvalue weighted by Crippen LogP contribution is -3.00. The summed E-state index contributed by atoms with van der Waals surface area (Å²) in [5.41, 5.74) is 0. The van der Waals surface area contributed by atoms with Crippen LogP contribution in [0.2, 0.25) is 0 Å². The van der Waals surface area contributed by atoms with Gasteiger partial charge in [0, 0.05) is 6.42 Å². The van der Waals surface area contributed by atoms with Crippen molar-refractivity contribution in [1.82, 2.24) is 0 Å². The Morgan fingerprint density at radius 1 is 0.467 bits per heavy atom. The lowest BCUT2D eigenvalue weighted by molar-refractivity contribution is -0.902. The van der Waals surface area contributed by atoms with E-state index >= 15 is 0 Å². The summed E-state index contributed by atoms with van der Waals surface area (Å²) >= 11 is 0. The van der Waals surface area contributed by atoms with Gasteiger partial charge < -0.3 is 33.8 Å². The molecule has 184 valence electrons. The predicted octanol–water partition coefficient (Wildman–Crippen LogP) is 1.20. The molecule has 4 heteroatoms. The number of halogens is 2. The molecule has 0 aromatic heterocycles. The van der Waals surface area contributed by atoms with Crippen molar-refractivity contribution in [3.8, 4) is 0 Å². The third-order valence-electron chi connectivity index (χ3n) is 5.87. The summed E-state index contributed by atoms with van der Waals surface area (Å²) in [6.07, 6.45) is 25.8. The molecule has 0 saturated heterocycles. The van der Waals surface area contributed by atoms with Gasteiger partial charge in [-0.1, -0.05) is 70.4 Å². The third kappa shape index (κ3) is 28.2. The zero-order valence-corrected chi connectivity index (χ0v) is 23.0. The molecule has 0 amide bonds. The van der Waals surface area contributed by atoms with E-state index in [0.29, 0.717) is 0 Å². The first-order valence-corrected chi connectivity index (χ1v) is 12.5. The molecule has 0 unspecified atom stereocenters. The van der Waals surface area contributed by atoms with E-state index in [4.69, 9.17) is 0 Å². The average Bonchev–Trinajstić information content (AvgIpc) is 2.60. The van der Waals surface area contributed by atoms with Crippen molar-refractivity contribution < 1.29 is 33.8 Å². The predicted molar refractivity (Wildman–Crippen MR) is 129 cm³/mol. The molecular weight excluding hydrogens is 411 g/mol. The number of hydrogen-bond acceptors (Lipinski definition) is 0. The lowest BCUT2D eigenvalue weighted by Gasteiger charge is -2.31. The van der Waals surface area contributed by atoms with Crippen molar-refractivity contribution in [1.29, 1.82) is 0 Å². The Bertz CT molecular complexity index is 363. The van der Waals surface area contributed by atoms with Gasteiger partial charge in [-0.25, -0.2) is 0 Å². The van der Waals surface area contributed by atoms with E-state index in [1.165, 1.54) is 120 Å². The molecule has 0 N–H and O–H groups in total. The molecule has 0 aromatic rings. The molecule has 0 aliphatic heterocycles. The normalized spacial score (nSPS) is 12.1. The molecule has 0 atom stereocenters. The van der Waals surface area contributed by atoms with Crippen LogP contribution in [0.5, 0.6) is 0 Å². The van der Waals surface area contributed by atoms with Gasteiger partial charge in [0.25, 0.3) is 0 Å². The Hall–Kier alpha value is 0.240. The number of rotatable bonds is 20.